The van der Waals surface area contributed by atoms with Crippen molar-refractivity contribution in [2.75, 3.05) is 6.54 Å². The zero-order chi connectivity index (χ0) is 12.8. The Morgan fingerprint density at radius 2 is 1.53 bits per heavy atom. The first-order valence-electron chi connectivity index (χ1n) is 6.81. The Hall–Kier alpha value is -0.820. The minimum absolute atomic E-state index is 0.567. The summed E-state index contributed by atoms with van der Waals surface area (Å²) < 4.78 is 0. The molecule has 0 bridgehead atoms. The molecule has 0 aliphatic carbocycles. The lowest BCUT2D eigenvalue weighted by Crippen LogP contribution is -2.26. The van der Waals surface area contributed by atoms with Gasteiger partial charge in [0.2, 0.25) is 0 Å². The van der Waals surface area contributed by atoms with Crippen LogP contribution in [0.2, 0.25) is 0 Å². The molecule has 0 saturated carbocycles. The Kier molecular flexibility index (Phi) is 5.70. The van der Waals surface area contributed by atoms with Crippen LogP contribution in [0.1, 0.15) is 51.7 Å². The zero-order valence-corrected chi connectivity index (χ0v) is 12.0. The van der Waals surface area contributed by atoms with Crippen molar-refractivity contribution in [2.45, 2.75) is 53.0 Å². The van der Waals surface area contributed by atoms with Crippen LogP contribution in [0.15, 0.2) is 24.3 Å². The molecule has 0 saturated heterocycles. The van der Waals surface area contributed by atoms with Crippen LogP contribution in [0.25, 0.3) is 0 Å². The summed E-state index contributed by atoms with van der Waals surface area (Å²) >= 11 is 0. The molecule has 1 N–H and O–H groups in total. The fraction of sp³-hybridized carbons (Fsp3) is 0.625. The molecule has 0 amide bonds. The molecule has 0 aromatic heterocycles. The van der Waals surface area contributed by atoms with E-state index in [9.17, 15) is 0 Å². The smallest absolute Gasteiger partial charge is 0.00198 e. The van der Waals surface area contributed by atoms with Gasteiger partial charge in [-0.05, 0) is 29.4 Å². The predicted octanol–water partition coefficient (Wildman–Crippen LogP) is 3.99. The fourth-order valence-electron chi connectivity index (χ4n) is 1.98. The van der Waals surface area contributed by atoms with Gasteiger partial charge in [0, 0.05) is 12.6 Å². The summed E-state index contributed by atoms with van der Waals surface area (Å²) in [5.74, 6) is 1.33. The average Bonchev–Trinajstić information content (AvgIpc) is 2.26. The SMILES string of the molecule is CC(C)Cc1ccc(C(C)CNC(C)C)cc1. The van der Waals surface area contributed by atoms with E-state index in [-0.39, 0.29) is 0 Å². The molecule has 96 valence electrons. The maximum absolute atomic E-state index is 3.49. The van der Waals surface area contributed by atoms with Crippen molar-refractivity contribution in [3.05, 3.63) is 35.4 Å². The largest absolute Gasteiger partial charge is 0.314 e. The van der Waals surface area contributed by atoms with E-state index in [1.807, 2.05) is 0 Å². The monoisotopic (exact) mass is 233 g/mol. The minimum atomic E-state index is 0.567. The van der Waals surface area contributed by atoms with Gasteiger partial charge in [-0.2, -0.15) is 0 Å². The number of nitrogens with one attached hydrogen (secondary N) is 1. The highest BCUT2D eigenvalue weighted by Crippen LogP contribution is 2.16. The first kappa shape index (κ1) is 14.2. The van der Waals surface area contributed by atoms with Crippen molar-refractivity contribution in [1.29, 1.82) is 0 Å². The third-order valence-electron chi connectivity index (χ3n) is 3.02. The van der Waals surface area contributed by atoms with Crippen LogP contribution in [-0.2, 0) is 6.42 Å². The molecule has 0 aliphatic heterocycles. The van der Waals surface area contributed by atoms with E-state index in [1.165, 1.54) is 17.5 Å². The number of benzene rings is 1. The third kappa shape index (κ3) is 5.36. The van der Waals surface area contributed by atoms with Gasteiger partial charge in [-0.1, -0.05) is 58.9 Å². The second kappa shape index (κ2) is 6.80. The van der Waals surface area contributed by atoms with Gasteiger partial charge in [-0.3, -0.25) is 0 Å². The summed E-state index contributed by atoms with van der Waals surface area (Å²) in [7, 11) is 0. The summed E-state index contributed by atoms with van der Waals surface area (Å²) in [5, 5.41) is 3.49. The third-order valence-corrected chi connectivity index (χ3v) is 3.02. The lowest BCUT2D eigenvalue weighted by Gasteiger charge is -2.16. The summed E-state index contributed by atoms with van der Waals surface area (Å²) in [6, 6.07) is 9.69. The Morgan fingerprint density at radius 3 is 2.00 bits per heavy atom. The summed E-state index contributed by atoms with van der Waals surface area (Å²) in [6.07, 6.45) is 1.18. The lowest BCUT2D eigenvalue weighted by molar-refractivity contribution is 0.548. The van der Waals surface area contributed by atoms with E-state index in [1.54, 1.807) is 0 Å². The van der Waals surface area contributed by atoms with Gasteiger partial charge in [0.15, 0.2) is 0 Å². The van der Waals surface area contributed by atoms with Crippen molar-refractivity contribution in [3.8, 4) is 0 Å². The molecule has 1 nitrogen and oxygen atoms in total. The zero-order valence-electron chi connectivity index (χ0n) is 12.0. The quantitative estimate of drug-likeness (QED) is 0.783. The highest BCUT2D eigenvalue weighted by Gasteiger charge is 2.06. The Morgan fingerprint density at radius 1 is 0.941 bits per heavy atom. The number of rotatable bonds is 6. The summed E-state index contributed by atoms with van der Waals surface area (Å²) in [5.41, 5.74) is 2.89. The first-order valence-corrected chi connectivity index (χ1v) is 6.81. The maximum Gasteiger partial charge on any atom is 0.00198 e. The normalized spacial score (nSPS) is 13.4. The van der Waals surface area contributed by atoms with Gasteiger partial charge < -0.3 is 5.32 Å². The fourth-order valence-corrected chi connectivity index (χ4v) is 1.98. The van der Waals surface area contributed by atoms with Crippen LogP contribution in [0, 0.1) is 5.92 Å². The standard InChI is InChI=1S/C16H27N/c1-12(2)10-15-6-8-16(9-7-15)14(5)11-17-13(3)4/h6-9,12-14,17H,10-11H2,1-5H3. The van der Waals surface area contributed by atoms with Crippen LogP contribution < -0.4 is 5.32 Å². The van der Waals surface area contributed by atoms with E-state index in [2.05, 4.69) is 64.2 Å². The molecule has 1 heteroatoms. The Balaban J connectivity index is 2.54. The van der Waals surface area contributed by atoms with E-state index in [0.717, 1.165) is 12.5 Å². The molecular weight excluding hydrogens is 206 g/mol. The average molecular weight is 233 g/mol. The van der Waals surface area contributed by atoms with Crippen LogP contribution in [0.3, 0.4) is 0 Å². The van der Waals surface area contributed by atoms with Gasteiger partial charge >= 0.3 is 0 Å². The number of hydrogen-bond acceptors (Lipinski definition) is 1. The molecule has 17 heavy (non-hydrogen) atoms. The molecule has 1 aromatic rings. The molecule has 0 fully saturated rings. The van der Waals surface area contributed by atoms with Gasteiger partial charge in [-0.15, -0.1) is 0 Å². The molecule has 1 aromatic carbocycles. The van der Waals surface area contributed by atoms with Crippen molar-refractivity contribution < 1.29 is 0 Å². The summed E-state index contributed by atoms with van der Waals surface area (Å²) in [4.78, 5) is 0. The lowest BCUT2D eigenvalue weighted by atomic mass is 9.96. The first-order chi connectivity index (χ1) is 7.99. The maximum atomic E-state index is 3.49. The predicted molar refractivity (Wildman–Crippen MR) is 76.5 cm³/mol. The van der Waals surface area contributed by atoms with E-state index < -0.39 is 0 Å². The van der Waals surface area contributed by atoms with Crippen LogP contribution in [0.5, 0.6) is 0 Å². The van der Waals surface area contributed by atoms with Crippen molar-refractivity contribution >= 4 is 0 Å². The molecule has 0 radical (unpaired) electrons. The van der Waals surface area contributed by atoms with E-state index in [4.69, 9.17) is 0 Å². The van der Waals surface area contributed by atoms with Crippen molar-refractivity contribution in [2.24, 2.45) is 5.92 Å². The van der Waals surface area contributed by atoms with Crippen LogP contribution in [-0.4, -0.2) is 12.6 Å². The molecular formula is C16H27N. The van der Waals surface area contributed by atoms with Gasteiger partial charge in [0.25, 0.3) is 0 Å². The Labute approximate surface area is 107 Å². The summed E-state index contributed by atoms with van der Waals surface area (Å²) in [6.45, 7) is 12.3. The highest BCUT2D eigenvalue weighted by atomic mass is 14.9. The molecule has 0 aliphatic rings. The minimum Gasteiger partial charge on any atom is -0.314 e. The molecule has 0 spiro atoms. The second-order valence-electron chi connectivity index (χ2n) is 5.80. The second-order valence-corrected chi connectivity index (χ2v) is 5.80. The van der Waals surface area contributed by atoms with E-state index in [0.29, 0.717) is 12.0 Å². The molecule has 1 atom stereocenters. The van der Waals surface area contributed by atoms with Crippen molar-refractivity contribution in [3.63, 3.8) is 0 Å². The Bertz CT molecular complexity index is 311. The van der Waals surface area contributed by atoms with Crippen molar-refractivity contribution in [1.82, 2.24) is 5.32 Å². The van der Waals surface area contributed by atoms with Gasteiger partial charge in [0.1, 0.15) is 0 Å². The van der Waals surface area contributed by atoms with E-state index >= 15 is 0 Å². The molecule has 1 rings (SSSR count). The number of hydrogen-bond donors (Lipinski definition) is 1. The molecule has 1 unspecified atom stereocenters. The topological polar surface area (TPSA) is 12.0 Å². The highest BCUT2D eigenvalue weighted by molar-refractivity contribution is 5.25. The molecule has 0 heterocycles. The van der Waals surface area contributed by atoms with Crippen LogP contribution in [0.4, 0.5) is 0 Å². The van der Waals surface area contributed by atoms with Crippen LogP contribution >= 0.6 is 0 Å². The van der Waals surface area contributed by atoms with Gasteiger partial charge in [-0.25, -0.2) is 0 Å². The van der Waals surface area contributed by atoms with Gasteiger partial charge in [0.05, 0.1) is 0 Å².